The van der Waals surface area contributed by atoms with Crippen molar-refractivity contribution in [1.29, 1.82) is 0 Å². The second-order valence-corrected chi connectivity index (χ2v) is 10.5. The van der Waals surface area contributed by atoms with Crippen LogP contribution in [0.1, 0.15) is 31.8 Å². The fourth-order valence-corrected chi connectivity index (χ4v) is 5.75. The fourth-order valence-electron chi connectivity index (χ4n) is 4.28. The minimum Gasteiger partial charge on any atom is -0.337 e. The number of anilines is 1. The molecule has 7 heteroatoms. The van der Waals surface area contributed by atoms with Gasteiger partial charge in [-0.25, -0.2) is 4.21 Å². The summed E-state index contributed by atoms with van der Waals surface area (Å²) in [5, 5.41) is 0.599. The van der Waals surface area contributed by atoms with E-state index >= 15 is 0 Å². The highest BCUT2D eigenvalue weighted by atomic mass is 35.5. The largest absolute Gasteiger partial charge is 0.337 e. The number of hydrogen-bond donors (Lipinski definition) is 0. The molecule has 0 radical (unpaired) electrons. The van der Waals surface area contributed by atoms with Crippen LogP contribution >= 0.6 is 11.6 Å². The monoisotopic (exact) mass is 514 g/mol. The molecule has 1 aliphatic heterocycles. The maximum atomic E-state index is 13.7. The van der Waals surface area contributed by atoms with Crippen molar-refractivity contribution in [3.05, 3.63) is 124 Å². The Hall–Kier alpha value is -3.74. The van der Waals surface area contributed by atoms with E-state index in [0.717, 1.165) is 11.1 Å². The van der Waals surface area contributed by atoms with E-state index in [2.05, 4.69) is 0 Å². The molecule has 0 saturated carbocycles. The van der Waals surface area contributed by atoms with Gasteiger partial charge in [-0.3, -0.25) is 9.59 Å². The molecule has 180 valence electrons. The number of carbonyl (C=O) groups excluding carboxylic acids is 2. The van der Waals surface area contributed by atoms with Crippen LogP contribution in [0.25, 0.3) is 0 Å². The smallest absolute Gasteiger partial charge is 0.259 e. The average molecular weight is 515 g/mol. The molecule has 2 amide bonds. The fraction of sp³-hybridized carbons (Fsp3) is 0.103. The molecule has 0 fully saturated rings. The summed E-state index contributed by atoms with van der Waals surface area (Å²) in [7, 11) is 0.159. The van der Waals surface area contributed by atoms with Gasteiger partial charge < -0.3 is 9.80 Å². The molecule has 0 aliphatic carbocycles. The van der Waals surface area contributed by atoms with Crippen LogP contribution in [0.4, 0.5) is 5.69 Å². The first kappa shape index (κ1) is 24.0. The Morgan fingerprint density at radius 3 is 2.31 bits per heavy atom. The Morgan fingerprint density at radius 2 is 1.56 bits per heavy atom. The molecule has 0 N–H and O–H groups in total. The van der Waals surface area contributed by atoms with Gasteiger partial charge in [-0.1, -0.05) is 66.2 Å². The van der Waals surface area contributed by atoms with E-state index in [0.29, 0.717) is 38.2 Å². The zero-order valence-electron chi connectivity index (χ0n) is 19.6. The SMILES string of the molecule is CN(Cc1ccccc1)C(=O)c1ccc2c(c1)N(Cc1ccc(Cl)cc1)C(=O)c1ccccc1[S@@]2=O. The molecule has 36 heavy (non-hydrogen) atoms. The summed E-state index contributed by atoms with van der Waals surface area (Å²) in [4.78, 5) is 31.3. The first-order chi connectivity index (χ1) is 17.4. The van der Waals surface area contributed by atoms with E-state index in [1.807, 2.05) is 42.5 Å². The Balaban J connectivity index is 1.56. The lowest BCUT2D eigenvalue weighted by Gasteiger charge is -2.24. The zero-order valence-corrected chi connectivity index (χ0v) is 21.1. The second-order valence-electron chi connectivity index (χ2n) is 8.61. The molecule has 0 spiro atoms. The number of rotatable bonds is 5. The molecular weight excluding hydrogens is 492 g/mol. The summed E-state index contributed by atoms with van der Waals surface area (Å²) < 4.78 is 13.6. The Bertz CT molecular complexity index is 1470. The third kappa shape index (κ3) is 4.70. The van der Waals surface area contributed by atoms with Gasteiger partial charge >= 0.3 is 0 Å². The predicted molar refractivity (Wildman–Crippen MR) is 142 cm³/mol. The van der Waals surface area contributed by atoms with Crippen LogP contribution in [0.2, 0.25) is 5.02 Å². The van der Waals surface area contributed by atoms with E-state index < -0.39 is 10.8 Å². The first-order valence-electron chi connectivity index (χ1n) is 11.4. The molecule has 5 rings (SSSR count). The van der Waals surface area contributed by atoms with Crippen LogP contribution in [0, 0.1) is 0 Å². The zero-order chi connectivity index (χ0) is 25.2. The van der Waals surface area contributed by atoms with Gasteiger partial charge in [0.05, 0.1) is 38.4 Å². The minimum absolute atomic E-state index is 0.187. The third-order valence-electron chi connectivity index (χ3n) is 6.12. The van der Waals surface area contributed by atoms with E-state index in [1.165, 1.54) is 0 Å². The normalized spacial score (nSPS) is 14.6. The van der Waals surface area contributed by atoms with Crippen LogP contribution in [0.5, 0.6) is 0 Å². The van der Waals surface area contributed by atoms with Crippen molar-refractivity contribution in [2.45, 2.75) is 22.9 Å². The summed E-state index contributed by atoms with van der Waals surface area (Å²) in [6.07, 6.45) is 0. The van der Waals surface area contributed by atoms with E-state index in [1.54, 1.807) is 71.4 Å². The van der Waals surface area contributed by atoms with Crippen LogP contribution in [-0.4, -0.2) is 28.0 Å². The Labute approximate surface area is 217 Å². The van der Waals surface area contributed by atoms with Crippen molar-refractivity contribution in [2.75, 3.05) is 11.9 Å². The summed E-state index contributed by atoms with van der Waals surface area (Å²) in [5.74, 6) is -0.456. The van der Waals surface area contributed by atoms with Gasteiger partial charge in [-0.05, 0) is 53.6 Å². The summed E-state index contributed by atoms with van der Waals surface area (Å²) in [5.41, 5.74) is 3.14. The molecule has 1 aliphatic rings. The summed E-state index contributed by atoms with van der Waals surface area (Å²) in [6.45, 7) is 0.688. The molecule has 0 saturated heterocycles. The molecular formula is C29H23ClN2O3S. The number of halogens is 1. The van der Waals surface area contributed by atoms with Gasteiger partial charge in [0.25, 0.3) is 11.8 Å². The number of benzene rings is 4. The Kier molecular flexibility index (Phi) is 6.72. The average Bonchev–Trinajstić information content (AvgIpc) is 2.99. The van der Waals surface area contributed by atoms with Crippen molar-refractivity contribution in [2.24, 2.45) is 0 Å². The van der Waals surface area contributed by atoms with Crippen molar-refractivity contribution in [3.8, 4) is 0 Å². The number of carbonyl (C=O) groups is 2. The molecule has 1 heterocycles. The molecule has 1 atom stereocenters. The van der Waals surface area contributed by atoms with E-state index in [9.17, 15) is 13.8 Å². The van der Waals surface area contributed by atoms with Gasteiger partial charge in [-0.15, -0.1) is 0 Å². The van der Waals surface area contributed by atoms with E-state index in [-0.39, 0.29) is 18.4 Å². The first-order valence-corrected chi connectivity index (χ1v) is 13.0. The highest BCUT2D eigenvalue weighted by Gasteiger charge is 2.31. The lowest BCUT2D eigenvalue weighted by molar-refractivity contribution is 0.0784. The number of amides is 2. The summed E-state index contributed by atoms with van der Waals surface area (Å²) in [6, 6.07) is 29.0. The van der Waals surface area contributed by atoms with Crippen molar-refractivity contribution >= 4 is 39.9 Å². The van der Waals surface area contributed by atoms with Crippen LogP contribution in [0.3, 0.4) is 0 Å². The predicted octanol–water partition coefficient (Wildman–Crippen LogP) is 5.94. The molecule has 0 aromatic heterocycles. The lowest BCUT2D eigenvalue weighted by atomic mass is 10.1. The topological polar surface area (TPSA) is 57.7 Å². The molecule has 5 nitrogen and oxygen atoms in total. The standard InChI is InChI=1S/C29H23ClN2O3S/c1-31(18-20-7-3-2-4-8-20)28(33)22-13-16-27-25(17-22)32(19-21-11-14-23(30)15-12-21)29(34)24-9-5-6-10-26(24)36(27)35/h2-17H,18-19H2,1H3/t36-/m0/s1. The molecule has 4 aromatic carbocycles. The second kappa shape index (κ2) is 10.1. The number of hydrogen-bond acceptors (Lipinski definition) is 3. The third-order valence-corrected chi connectivity index (χ3v) is 7.87. The van der Waals surface area contributed by atoms with Gasteiger partial charge in [0.2, 0.25) is 0 Å². The minimum atomic E-state index is -1.58. The highest BCUT2D eigenvalue weighted by Crippen LogP contribution is 2.36. The van der Waals surface area contributed by atoms with Crippen molar-refractivity contribution in [1.82, 2.24) is 4.90 Å². The molecule has 0 bridgehead atoms. The van der Waals surface area contributed by atoms with Crippen LogP contribution in [-0.2, 0) is 23.9 Å². The van der Waals surface area contributed by atoms with Gasteiger partial charge in [-0.2, -0.15) is 0 Å². The van der Waals surface area contributed by atoms with Crippen molar-refractivity contribution in [3.63, 3.8) is 0 Å². The lowest BCUT2D eigenvalue weighted by Crippen LogP contribution is -2.31. The number of nitrogens with zero attached hydrogens (tertiary/aromatic N) is 2. The van der Waals surface area contributed by atoms with Crippen LogP contribution in [0.15, 0.2) is 107 Å². The van der Waals surface area contributed by atoms with Crippen molar-refractivity contribution < 1.29 is 13.8 Å². The highest BCUT2D eigenvalue weighted by molar-refractivity contribution is 7.85. The maximum absolute atomic E-state index is 13.7. The van der Waals surface area contributed by atoms with Gasteiger partial charge in [0.1, 0.15) is 0 Å². The van der Waals surface area contributed by atoms with E-state index in [4.69, 9.17) is 11.6 Å². The molecule has 4 aromatic rings. The van der Waals surface area contributed by atoms with Gasteiger partial charge in [0.15, 0.2) is 0 Å². The Morgan fingerprint density at radius 1 is 0.861 bits per heavy atom. The summed E-state index contributed by atoms with van der Waals surface area (Å²) >= 11 is 6.06. The van der Waals surface area contributed by atoms with Gasteiger partial charge in [0, 0.05) is 24.2 Å². The quantitative estimate of drug-likeness (QED) is 0.331. The number of fused-ring (bicyclic) bond motifs is 2. The maximum Gasteiger partial charge on any atom is 0.259 e. The van der Waals surface area contributed by atoms with Crippen LogP contribution < -0.4 is 4.90 Å². The molecule has 0 unspecified atom stereocenters.